The van der Waals surface area contributed by atoms with E-state index in [2.05, 4.69) is 0 Å². The molecule has 1 fully saturated rings. The summed E-state index contributed by atoms with van der Waals surface area (Å²) >= 11 is 2.91. The average molecular weight is 428 g/mol. The van der Waals surface area contributed by atoms with E-state index < -0.39 is 0 Å². The van der Waals surface area contributed by atoms with Crippen molar-refractivity contribution in [2.75, 3.05) is 18.8 Å². The number of thiophene rings is 1. The highest BCUT2D eigenvalue weighted by molar-refractivity contribution is 7.99. The van der Waals surface area contributed by atoms with Crippen LogP contribution in [-0.2, 0) is 4.79 Å². The molecule has 0 radical (unpaired) electrons. The Kier molecular flexibility index (Phi) is 5.53. The number of thioether (sulfide) groups is 1. The summed E-state index contributed by atoms with van der Waals surface area (Å²) in [6.07, 6.45) is 2.14. The van der Waals surface area contributed by atoms with Gasteiger partial charge in [0.25, 0.3) is 5.56 Å². The van der Waals surface area contributed by atoms with Gasteiger partial charge in [0.05, 0.1) is 16.8 Å². The molecule has 3 aromatic rings. The molecule has 3 heterocycles. The Hall–Kier alpha value is -2.12. The van der Waals surface area contributed by atoms with Crippen molar-refractivity contribution in [2.45, 2.75) is 45.7 Å². The van der Waals surface area contributed by atoms with E-state index in [0.29, 0.717) is 16.3 Å². The zero-order valence-corrected chi connectivity index (χ0v) is 18.9. The highest BCUT2D eigenvalue weighted by Gasteiger charge is 2.22. The first-order valence-electron chi connectivity index (χ1n) is 9.88. The third-order valence-corrected chi connectivity index (χ3v) is 7.80. The SMILES string of the molecule is Cc1cccc(-n2c(SCC(=O)N3CCCC3)nc3sc(C)c(C)c3c2=O)c1C. The minimum atomic E-state index is -0.0540. The van der Waals surface area contributed by atoms with Gasteiger partial charge < -0.3 is 4.90 Å². The predicted molar refractivity (Wildman–Crippen MR) is 121 cm³/mol. The number of benzene rings is 1. The molecule has 0 N–H and O–H groups in total. The number of hydrogen-bond donors (Lipinski definition) is 0. The lowest BCUT2D eigenvalue weighted by Crippen LogP contribution is -2.30. The molecule has 1 aliphatic rings. The van der Waals surface area contributed by atoms with Crippen LogP contribution >= 0.6 is 23.1 Å². The van der Waals surface area contributed by atoms with E-state index in [1.807, 2.05) is 50.8 Å². The fourth-order valence-electron chi connectivity index (χ4n) is 3.75. The van der Waals surface area contributed by atoms with Crippen molar-refractivity contribution in [2.24, 2.45) is 0 Å². The largest absolute Gasteiger partial charge is 0.342 e. The van der Waals surface area contributed by atoms with Crippen molar-refractivity contribution in [3.8, 4) is 5.69 Å². The van der Waals surface area contributed by atoms with Crippen molar-refractivity contribution in [1.29, 1.82) is 0 Å². The molecule has 5 nitrogen and oxygen atoms in total. The van der Waals surface area contributed by atoms with Crippen LogP contribution in [0.3, 0.4) is 0 Å². The van der Waals surface area contributed by atoms with Gasteiger partial charge in [-0.1, -0.05) is 23.9 Å². The van der Waals surface area contributed by atoms with Crippen LogP contribution in [0.1, 0.15) is 34.4 Å². The number of aromatic nitrogens is 2. The number of hydrogen-bond acceptors (Lipinski definition) is 5. The quantitative estimate of drug-likeness (QED) is 0.458. The second-order valence-electron chi connectivity index (χ2n) is 7.59. The molecular weight excluding hydrogens is 402 g/mol. The number of fused-ring (bicyclic) bond motifs is 1. The number of nitrogens with zero attached hydrogens (tertiary/aromatic N) is 3. The normalized spacial score (nSPS) is 14.1. The first-order valence-corrected chi connectivity index (χ1v) is 11.7. The molecule has 29 heavy (non-hydrogen) atoms. The van der Waals surface area contributed by atoms with E-state index >= 15 is 0 Å². The number of carbonyl (C=O) groups excluding carboxylic acids is 1. The highest BCUT2D eigenvalue weighted by atomic mass is 32.2. The summed E-state index contributed by atoms with van der Waals surface area (Å²) in [6.45, 7) is 9.73. The van der Waals surface area contributed by atoms with Gasteiger partial charge in [-0.2, -0.15) is 0 Å². The maximum absolute atomic E-state index is 13.6. The Morgan fingerprint density at radius 2 is 1.86 bits per heavy atom. The fourth-order valence-corrected chi connectivity index (χ4v) is 5.73. The summed E-state index contributed by atoms with van der Waals surface area (Å²) in [7, 11) is 0. The second-order valence-corrected chi connectivity index (χ2v) is 9.74. The van der Waals surface area contributed by atoms with E-state index in [1.165, 1.54) is 11.8 Å². The van der Waals surface area contributed by atoms with E-state index in [4.69, 9.17) is 4.98 Å². The van der Waals surface area contributed by atoms with Crippen LogP contribution in [0, 0.1) is 27.7 Å². The molecule has 0 bridgehead atoms. The Labute approximate surface area is 178 Å². The molecule has 4 rings (SSSR count). The third-order valence-electron chi connectivity index (χ3n) is 5.77. The average Bonchev–Trinajstić information content (AvgIpc) is 3.32. The lowest BCUT2D eigenvalue weighted by molar-refractivity contribution is -0.127. The molecule has 0 aliphatic carbocycles. The van der Waals surface area contributed by atoms with Gasteiger partial charge in [-0.15, -0.1) is 11.3 Å². The standard InChI is InChI=1S/C22H25N3O2S2/c1-13-8-7-9-17(14(13)2)25-21(27)19-15(3)16(4)29-20(19)23-22(25)28-12-18(26)24-10-5-6-11-24/h7-9H,5-6,10-12H2,1-4H3. The van der Waals surface area contributed by atoms with Crippen LogP contribution in [0.2, 0.25) is 0 Å². The van der Waals surface area contributed by atoms with Gasteiger partial charge in [-0.05, 0) is 63.3 Å². The van der Waals surface area contributed by atoms with Gasteiger partial charge in [0.15, 0.2) is 5.16 Å². The van der Waals surface area contributed by atoms with E-state index in [0.717, 1.165) is 58.0 Å². The number of carbonyl (C=O) groups is 1. The molecular formula is C22H25N3O2S2. The molecule has 2 aromatic heterocycles. The van der Waals surface area contributed by atoms with Gasteiger partial charge in [0.2, 0.25) is 5.91 Å². The van der Waals surface area contributed by atoms with Gasteiger partial charge in [0.1, 0.15) is 4.83 Å². The zero-order valence-electron chi connectivity index (χ0n) is 17.2. The highest BCUT2D eigenvalue weighted by Crippen LogP contribution is 2.30. The van der Waals surface area contributed by atoms with Gasteiger partial charge >= 0.3 is 0 Å². The van der Waals surface area contributed by atoms with Crippen LogP contribution in [0.25, 0.3) is 15.9 Å². The minimum absolute atomic E-state index is 0.0540. The van der Waals surface area contributed by atoms with Crippen molar-refractivity contribution >= 4 is 39.2 Å². The minimum Gasteiger partial charge on any atom is -0.342 e. The topological polar surface area (TPSA) is 55.2 Å². The van der Waals surface area contributed by atoms with Crippen LogP contribution < -0.4 is 5.56 Å². The summed E-state index contributed by atoms with van der Waals surface area (Å²) in [5.74, 6) is 0.416. The second kappa shape index (κ2) is 7.95. The number of rotatable bonds is 4. The van der Waals surface area contributed by atoms with E-state index in [1.54, 1.807) is 15.9 Å². The fraction of sp³-hybridized carbons (Fsp3) is 0.409. The lowest BCUT2D eigenvalue weighted by atomic mass is 10.1. The maximum atomic E-state index is 13.6. The Morgan fingerprint density at radius 1 is 1.14 bits per heavy atom. The third kappa shape index (κ3) is 3.62. The smallest absolute Gasteiger partial charge is 0.267 e. The summed E-state index contributed by atoms with van der Waals surface area (Å²) in [5, 5.41) is 1.27. The monoisotopic (exact) mass is 427 g/mol. The summed E-state index contributed by atoms with van der Waals surface area (Å²) in [4.78, 5) is 34.8. The van der Waals surface area contributed by atoms with Crippen molar-refractivity contribution in [3.63, 3.8) is 0 Å². The Bertz CT molecular complexity index is 1160. The van der Waals surface area contributed by atoms with Crippen LogP contribution in [0.15, 0.2) is 28.2 Å². The Balaban J connectivity index is 1.84. The molecule has 1 amide bonds. The summed E-state index contributed by atoms with van der Waals surface area (Å²) < 4.78 is 1.70. The van der Waals surface area contributed by atoms with E-state index in [-0.39, 0.29) is 11.5 Å². The molecule has 0 unspecified atom stereocenters. The van der Waals surface area contributed by atoms with Gasteiger partial charge in [-0.25, -0.2) is 4.98 Å². The molecule has 1 saturated heterocycles. The molecule has 0 atom stereocenters. The molecule has 1 aliphatic heterocycles. The first-order chi connectivity index (χ1) is 13.9. The number of likely N-dealkylation sites (tertiary alicyclic amines) is 1. The molecule has 152 valence electrons. The van der Waals surface area contributed by atoms with Crippen LogP contribution in [0.4, 0.5) is 0 Å². The molecule has 7 heteroatoms. The zero-order chi connectivity index (χ0) is 20.7. The lowest BCUT2D eigenvalue weighted by Gasteiger charge is -2.17. The molecule has 1 aromatic carbocycles. The van der Waals surface area contributed by atoms with Crippen LogP contribution in [0.5, 0.6) is 0 Å². The molecule has 0 spiro atoms. The summed E-state index contributed by atoms with van der Waals surface area (Å²) in [6, 6.07) is 5.96. The van der Waals surface area contributed by atoms with Crippen molar-refractivity contribution in [1.82, 2.24) is 14.5 Å². The van der Waals surface area contributed by atoms with Gasteiger partial charge in [0, 0.05) is 18.0 Å². The Morgan fingerprint density at radius 3 is 2.59 bits per heavy atom. The predicted octanol–water partition coefficient (Wildman–Crippen LogP) is 4.40. The van der Waals surface area contributed by atoms with E-state index in [9.17, 15) is 9.59 Å². The van der Waals surface area contributed by atoms with Gasteiger partial charge in [-0.3, -0.25) is 14.2 Å². The first kappa shape index (κ1) is 20.2. The van der Waals surface area contributed by atoms with Crippen LogP contribution in [-0.4, -0.2) is 39.2 Å². The maximum Gasteiger partial charge on any atom is 0.267 e. The van der Waals surface area contributed by atoms with Crippen molar-refractivity contribution in [3.05, 3.63) is 50.1 Å². The number of aryl methyl sites for hydroxylation is 3. The number of amides is 1. The molecule has 0 saturated carbocycles. The van der Waals surface area contributed by atoms with Crippen molar-refractivity contribution < 1.29 is 4.79 Å². The summed E-state index contributed by atoms with van der Waals surface area (Å²) in [5.41, 5.74) is 3.95.